The van der Waals surface area contributed by atoms with Crippen molar-refractivity contribution in [3.05, 3.63) is 63.2 Å². The van der Waals surface area contributed by atoms with Gasteiger partial charge in [-0.25, -0.2) is 0 Å². The summed E-state index contributed by atoms with van der Waals surface area (Å²) >= 11 is 7.04. The number of para-hydroxylation sites is 1. The van der Waals surface area contributed by atoms with Gasteiger partial charge in [-0.2, -0.15) is 0 Å². The van der Waals surface area contributed by atoms with Crippen molar-refractivity contribution in [1.82, 2.24) is 16.2 Å². The van der Waals surface area contributed by atoms with E-state index >= 15 is 0 Å². The van der Waals surface area contributed by atoms with Crippen molar-refractivity contribution in [2.75, 3.05) is 6.61 Å². The zero-order valence-corrected chi connectivity index (χ0v) is 16.3. The van der Waals surface area contributed by atoms with Crippen molar-refractivity contribution in [3.8, 4) is 5.75 Å². The number of nitrogens with one attached hydrogen (secondary N) is 3. The van der Waals surface area contributed by atoms with Crippen LogP contribution in [0.25, 0.3) is 0 Å². The standard InChI is InChI=1S/C17H16IN3O3S/c1-11-6-2-5-9-14(11)24-10-15(22)19-17(25)21-20-16(23)12-7-3-4-8-13(12)18/h2-9H,10H2,1H3,(H,20,23)(H2,19,21,22,25). The molecule has 0 bridgehead atoms. The minimum absolute atomic E-state index is 0.0160. The van der Waals surface area contributed by atoms with Crippen molar-refractivity contribution >= 4 is 51.7 Å². The number of hydrazine groups is 1. The van der Waals surface area contributed by atoms with E-state index in [0.29, 0.717) is 11.3 Å². The molecule has 2 rings (SSSR count). The predicted octanol–water partition coefficient (Wildman–Crippen LogP) is 2.31. The minimum Gasteiger partial charge on any atom is -0.483 e. The van der Waals surface area contributed by atoms with Crippen LogP contribution >= 0.6 is 34.8 Å². The molecule has 0 aliphatic carbocycles. The molecule has 0 saturated carbocycles. The van der Waals surface area contributed by atoms with Crippen LogP contribution in [0.2, 0.25) is 0 Å². The van der Waals surface area contributed by atoms with Gasteiger partial charge in [-0.3, -0.25) is 25.8 Å². The molecule has 0 aliphatic rings. The van der Waals surface area contributed by atoms with Crippen LogP contribution in [0.5, 0.6) is 5.75 Å². The summed E-state index contributed by atoms with van der Waals surface area (Å²) in [5.41, 5.74) is 6.37. The molecule has 130 valence electrons. The Bertz CT molecular complexity index is 798. The molecule has 0 spiro atoms. The molecular weight excluding hydrogens is 453 g/mol. The molecular formula is C17H16IN3O3S. The van der Waals surface area contributed by atoms with Gasteiger partial charge in [-0.05, 0) is 65.5 Å². The third kappa shape index (κ3) is 5.98. The van der Waals surface area contributed by atoms with Crippen molar-refractivity contribution in [2.45, 2.75) is 6.92 Å². The number of thiocarbonyl (C=S) groups is 1. The predicted molar refractivity (Wildman–Crippen MR) is 107 cm³/mol. The van der Waals surface area contributed by atoms with E-state index in [4.69, 9.17) is 17.0 Å². The van der Waals surface area contributed by atoms with Gasteiger partial charge >= 0.3 is 0 Å². The Labute approximate surface area is 164 Å². The van der Waals surface area contributed by atoms with Crippen LogP contribution in [0.4, 0.5) is 0 Å². The van der Waals surface area contributed by atoms with E-state index in [9.17, 15) is 9.59 Å². The van der Waals surface area contributed by atoms with Crippen LogP contribution in [0.15, 0.2) is 48.5 Å². The zero-order valence-electron chi connectivity index (χ0n) is 13.3. The lowest BCUT2D eigenvalue weighted by molar-refractivity contribution is -0.121. The maximum atomic E-state index is 12.0. The fraction of sp³-hybridized carbons (Fsp3) is 0.118. The van der Waals surface area contributed by atoms with E-state index in [1.165, 1.54) is 0 Å². The van der Waals surface area contributed by atoms with Crippen molar-refractivity contribution < 1.29 is 14.3 Å². The van der Waals surface area contributed by atoms with E-state index in [1.54, 1.807) is 18.2 Å². The molecule has 0 radical (unpaired) electrons. The molecule has 0 fully saturated rings. The first-order valence-corrected chi connectivity index (χ1v) is 8.79. The Morgan fingerprint density at radius 2 is 1.76 bits per heavy atom. The van der Waals surface area contributed by atoms with E-state index in [1.807, 2.05) is 37.3 Å². The van der Waals surface area contributed by atoms with Gasteiger partial charge in [0.05, 0.1) is 5.56 Å². The normalized spacial score (nSPS) is 9.84. The Hall–Kier alpha value is -2.20. The highest BCUT2D eigenvalue weighted by atomic mass is 127. The molecule has 0 unspecified atom stereocenters. The molecule has 0 heterocycles. The van der Waals surface area contributed by atoms with Crippen LogP contribution in [-0.2, 0) is 4.79 Å². The number of rotatable bonds is 4. The number of benzene rings is 2. The Morgan fingerprint density at radius 1 is 1.08 bits per heavy atom. The average Bonchev–Trinajstić information content (AvgIpc) is 2.59. The van der Waals surface area contributed by atoms with Crippen LogP contribution in [0, 0.1) is 10.5 Å². The molecule has 2 aromatic rings. The second-order valence-corrected chi connectivity index (χ2v) is 6.56. The number of hydrogen-bond acceptors (Lipinski definition) is 4. The largest absolute Gasteiger partial charge is 0.483 e. The highest BCUT2D eigenvalue weighted by molar-refractivity contribution is 14.1. The van der Waals surface area contributed by atoms with Gasteiger partial charge in [0.1, 0.15) is 5.75 Å². The van der Waals surface area contributed by atoms with Crippen molar-refractivity contribution in [1.29, 1.82) is 0 Å². The smallest absolute Gasteiger partial charge is 0.270 e. The minimum atomic E-state index is -0.427. The molecule has 0 aliphatic heterocycles. The molecule has 2 amide bonds. The van der Waals surface area contributed by atoms with E-state index < -0.39 is 5.91 Å². The lowest BCUT2D eigenvalue weighted by Gasteiger charge is -2.12. The molecule has 0 saturated heterocycles. The van der Waals surface area contributed by atoms with Gasteiger partial charge < -0.3 is 4.74 Å². The number of carbonyl (C=O) groups is 2. The third-order valence-electron chi connectivity index (χ3n) is 3.11. The van der Waals surface area contributed by atoms with Crippen LogP contribution in [-0.4, -0.2) is 23.5 Å². The summed E-state index contributed by atoms with van der Waals surface area (Å²) < 4.78 is 6.23. The summed E-state index contributed by atoms with van der Waals surface area (Å²) in [6.07, 6.45) is 0. The highest BCUT2D eigenvalue weighted by Gasteiger charge is 2.10. The van der Waals surface area contributed by atoms with Gasteiger partial charge in [0.25, 0.3) is 11.8 Å². The SMILES string of the molecule is Cc1ccccc1OCC(=O)NC(=S)NNC(=O)c1ccccc1I. The fourth-order valence-electron chi connectivity index (χ4n) is 1.88. The number of ether oxygens (including phenoxy) is 1. The summed E-state index contributed by atoms with van der Waals surface area (Å²) in [5, 5.41) is 2.41. The monoisotopic (exact) mass is 469 g/mol. The first kappa shape index (κ1) is 19.1. The second-order valence-electron chi connectivity index (χ2n) is 4.99. The summed E-state index contributed by atoms with van der Waals surface area (Å²) in [5.74, 6) is -0.148. The maximum absolute atomic E-state index is 12.0. The summed E-state index contributed by atoms with van der Waals surface area (Å²) in [7, 11) is 0. The maximum Gasteiger partial charge on any atom is 0.270 e. The lowest BCUT2D eigenvalue weighted by Crippen LogP contribution is -2.49. The van der Waals surface area contributed by atoms with Gasteiger partial charge in [0, 0.05) is 3.57 Å². The van der Waals surface area contributed by atoms with Gasteiger partial charge in [0.15, 0.2) is 11.7 Å². The first-order valence-electron chi connectivity index (χ1n) is 7.30. The van der Waals surface area contributed by atoms with Gasteiger partial charge in [-0.15, -0.1) is 0 Å². The first-order chi connectivity index (χ1) is 12.0. The topological polar surface area (TPSA) is 79.5 Å². The number of aryl methyl sites for hydroxylation is 1. The molecule has 6 nitrogen and oxygen atoms in total. The Morgan fingerprint density at radius 3 is 2.48 bits per heavy atom. The van der Waals surface area contributed by atoms with Gasteiger partial charge in [-0.1, -0.05) is 30.3 Å². The number of hydrogen-bond donors (Lipinski definition) is 3. The summed E-state index contributed by atoms with van der Waals surface area (Å²) in [4.78, 5) is 23.9. The van der Waals surface area contributed by atoms with Crippen molar-refractivity contribution in [2.24, 2.45) is 0 Å². The van der Waals surface area contributed by atoms with Crippen LogP contribution in [0.3, 0.4) is 0 Å². The van der Waals surface area contributed by atoms with Crippen molar-refractivity contribution in [3.63, 3.8) is 0 Å². The van der Waals surface area contributed by atoms with Crippen LogP contribution < -0.4 is 20.9 Å². The Kier molecular flexibility index (Phi) is 7.14. The number of amides is 2. The quantitative estimate of drug-likeness (QED) is 0.364. The molecule has 8 heteroatoms. The van der Waals surface area contributed by atoms with E-state index in [0.717, 1.165) is 9.13 Å². The highest BCUT2D eigenvalue weighted by Crippen LogP contribution is 2.15. The third-order valence-corrected chi connectivity index (χ3v) is 4.26. The van der Waals surface area contributed by atoms with Crippen LogP contribution in [0.1, 0.15) is 15.9 Å². The van der Waals surface area contributed by atoms with E-state index in [2.05, 4.69) is 38.8 Å². The molecule has 0 aromatic heterocycles. The number of halogens is 1. The Balaban J connectivity index is 1.76. The molecule has 3 N–H and O–H groups in total. The fourth-order valence-corrected chi connectivity index (χ4v) is 2.68. The second kappa shape index (κ2) is 9.33. The average molecular weight is 469 g/mol. The zero-order chi connectivity index (χ0) is 18.2. The number of carbonyl (C=O) groups excluding carboxylic acids is 2. The summed E-state index contributed by atoms with van der Waals surface area (Å²) in [6.45, 7) is 1.71. The van der Waals surface area contributed by atoms with E-state index in [-0.39, 0.29) is 17.6 Å². The molecule has 0 atom stereocenters. The summed E-state index contributed by atoms with van der Waals surface area (Å²) in [6, 6.07) is 14.5. The lowest BCUT2D eigenvalue weighted by atomic mass is 10.2. The van der Waals surface area contributed by atoms with Gasteiger partial charge in [0.2, 0.25) is 0 Å². The molecule has 25 heavy (non-hydrogen) atoms. The molecule has 2 aromatic carbocycles.